The monoisotopic (exact) mass is 376 g/mol. The van der Waals surface area contributed by atoms with Crippen molar-refractivity contribution < 1.29 is 4.79 Å². The Kier molecular flexibility index (Phi) is 4.73. The molecule has 3 heterocycles. The number of anilines is 3. The smallest absolute Gasteiger partial charge is 0.247 e. The lowest BCUT2D eigenvalue weighted by atomic mass is 10.0. The molecule has 1 amide bonds. The number of hydrogen-bond donors (Lipinski definition) is 3. The molecule has 1 aliphatic rings. The van der Waals surface area contributed by atoms with E-state index in [0.717, 1.165) is 11.3 Å². The lowest BCUT2D eigenvalue weighted by Crippen LogP contribution is -2.43. The molecule has 4 rings (SSSR count). The molecule has 0 bridgehead atoms. The molecule has 0 saturated carbocycles. The van der Waals surface area contributed by atoms with Gasteiger partial charge < -0.3 is 20.5 Å². The second kappa shape index (κ2) is 7.34. The summed E-state index contributed by atoms with van der Waals surface area (Å²) in [4.78, 5) is 21.1. The van der Waals surface area contributed by atoms with Gasteiger partial charge in [-0.25, -0.2) is 9.97 Å². The Labute approximate surface area is 164 Å². The highest BCUT2D eigenvalue weighted by molar-refractivity contribution is 6.05. The quantitative estimate of drug-likeness (QED) is 0.630. The third kappa shape index (κ3) is 3.43. The molecule has 1 aliphatic heterocycles. The average molecular weight is 376 g/mol. The van der Waals surface area contributed by atoms with Crippen LogP contribution in [0.4, 0.5) is 17.3 Å². The zero-order chi connectivity index (χ0) is 19.7. The van der Waals surface area contributed by atoms with Crippen molar-refractivity contribution in [2.45, 2.75) is 32.9 Å². The molecule has 0 spiro atoms. The molecule has 2 unspecified atom stereocenters. The van der Waals surface area contributed by atoms with E-state index in [1.807, 2.05) is 44.4 Å². The first-order valence-electron chi connectivity index (χ1n) is 9.45. The van der Waals surface area contributed by atoms with Crippen LogP contribution in [0.5, 0.6) is 0 Å². The van der Waals surface area contributed by atoms with Gasteiger partial charge in [-0.1, -0.05) is 26.0 Å². The van der Waals surface area contributed by atoms with Crippen LogP contribution in [0.2, 0.25) is 0 Å². The van der Waals surface area contributed by atoms with Gasteiger partial charge in [0.05, 0.1) is 6.04 Å². The van der Waals surface area contributed by atoms with E-state index in [1.54, 1.807) is 0 Å². The van der Waals surface area contributed by atoms with Crippen molar-refractivity contribution in [3.05, 3.63) is 60.7 Å². The number of rotatable bonds is 5. The van der Waals surface area contributed by atoms with Crippen molar-refractivity contribution in [2.75, 3.05) is 16.0 Å². The van der Waals surface area contributed by atoms with Gasteiger partial charge in [0, 0.05) is 18.1 Å². The predicted octanol–water partition coefficient (Wildman–Crippen LogP) is 3.83. The second-order valence-electron chi connectivity index (χ2n) is 7.35. The molecule has 7 heteroatoms. The molecule has 7 nitrogen and oxygen atoms in total. The third-order valence-corrected chi connectivity index (χ3v) is 4.96. The molecular formula is C21H24N6O. The van der Waals surface area contributed by atoms with Crippen molar-refractivity contribution in [2.24, 2.45) is 5.92 Å². The first-order valence-corrected chi connectivity index (χ1v) is 9.45. The van der Waals surface area contributed by atoms with E-state index < -0.39 is 0 Å². The Morgan fingerprint density at radius 1 is 1.11 bits per heavy atom. The van der Waals surface area contributed by atoms with E-state index in [1.165, 1.54) is 6.33 Å². The molecule has 0 fully saturated rings. The van der Waals surface area contributed by atoms with Crippen LogP contribution in [0.3, 0.4) is 0 Å². The molecule has 2 atom stereocenters. The van der Waals surface area contributed by atoms with Crippen LogP contribution in [0.15, 0.2) is 55.1 Å². The first kappa shape index (κ1) is 18.0. The summed E-state index contributed by atoms with van der Waals surface area (Å²) in [7, 11) is 0. The zero-order valence-electron chi connectivity index (χ0n) is 16.2. The van der Waals surface area contributed by atoms with Crippen molar-refractivity contribution in [1.82, 2.24) is 14.5 Å². The van der Waals surface area contributed by atoms with Crippen molar-refractivity contribution in [3.8, 4) is 5.69 Å². The van der Waals surface area contributed by atoms with Gasteiger partial charge >= 0.3 is 0 Å². The van der Waals surface area contributed by atoms with E-state index in [9.17, 15) is 4.79 Å². The number of carbonyl (C=O) groups excluding carboxylic acids is 1. The minimum absolute atomic E-state index is 0.00534. The average Bonchev–Trinajstić information content (AvgIpc) is 3.23. The zero-order valence-corrected chi connectivity index (χ0v) is 16.2. The van der Waals surface area contributed by atoms with E-state index in [2.05, 4.69) is 55.6 Å². The summed E-state index contributed by atoms with van der Waals surface area (Å²) in [5.41, 5.74) is 2.81. The molecule has 2 aromatic heterocycles. The van der Waals surface area contributed by atoms with Gasteiger partial charge in [0.1, 0.15) is 18.1 Å². The van der Waals surface area contributed by atoms with Crippen molar-refractivity contribution in [1.29, 1.82) is 0 Å². The van der Waals surface area contributed by atoms with E-state index in [-0.39, 0.29) is 23.9 Å². The van der Waals surface area contributed by atoms with Crippen LogP contribution in [-0.4, -0.2) is 26.5 Å². The summed E-state index contributed by atoms with van der Waals surface area (Å²) in [5, 5.41) is 9.59. The summed E-state index contributed by atoms with van der Waals surface area (Å²) >= 11 is 0. The van der Waals surface area contributed by atoms with Crippen LogP contribution < -0.4 is 16.0 Å². The number of fused-ring (bicyclic) bond motifs is 1. The minimum atomic E-state index is -0.300. The fourth-order valence-corrected chi connectivity index (χ4v) is 3.36. The maximum absolute atomic E-state index is 12.4. The van der Waals surface area contributed by atoms with Gasteiger partial charge in [0.15, 0.2) is 11.6 Å². The largest absolute Gasteiger partial charge is 0.362 e. The van der Waals surface area contributed by atoms with Crippen molar-refractivity contribution >= 4 is 23.2 Å². The SMILES string of the molecule is CC(Nc1ncnc2c1NC(=O)C(C(C)C)N2)c1cccc(-n2cccc2)c1. The summed E-state index contributed by atoms with van der Waals surface area (Å²) in [6.07, 6.45) is 5.54. The molecule has 144 valence electrons. The van der Waals surface area contributed by atoms with Gasteiger partial charge in [-0.05, 0) is 42.7 Å². The maximum Gasteiger partial charge on any atom is 0.247 e. The van der Waals surface area contributed by atoms with Gasteiger partial charge in [-0.15, -0.1) is 0 Å². The number of nitrogens with one attached hydrogen (secondary N) is 3. The second-order valence-corrected chi connectivity index (χ2v) is 7.35. The Morgan fingerprint density at radius 3 is 2.64 bits per heavy atom. The Balaban J connectivity index is 1.58. The van der Waals surface area contributed by atoms with Crippen LogP contribution in [0.1, 0.15) is 32.4 Å². The lowest BCUT2D eigenvalue weighted by molar-refractivity contribution is -0.117. The molecular weight excluding hydrogens is 352 g/mol. The normalized spacial score (nSPS) is 16.9. The van der Waals surface area contributed by atoms with Gasteiger partial charge in [-0.2, -0.15) is 0 Å². The summed E-state index contributed by atoms with van der Waals surface area (Å²) < 4.78 is 2.07. The Morgan fingerprint density at radius 2 is 1.89 bits per heavy atom. The van der Waals surface area contributed by atoms with Crippen LogP contribution in [-0.2, 0) is 4.79 Å². The highest BCUT2D eigenvalue weighted by Gasteiger charge is 2.30. The van der Waals surface area contributed by atoms with Crippen LogP contribution in [0, 0.1) is 5.92 Å². The summed E-state index contributed by atoms with van der Waals surface area (Å²) in [5.74, 6) is 1.34. The minimum Gasteiger partial charge on any atom is -0.362 e. The van der Waals surface area contributed by atoms with Gasteiger partial charge in [-0.3, -0.25) is 4.79 Å². The van der Waals surface area contributed by atoms with Gasteiger partial charge in [0.25, 0.3) is 0 Å². The van der Waals surface area contributed by atoms with Crippen molar-refractivity contribution in [3.63, 3.8) is 0 Å². The highest BCUT2D eigenvalue weighted by Crippen LogP contribution is 2.33. The Hall–Kier alpha value is -3.35. The van der Waals surface area contributed by atoms with E-state index >= 15 is 0 Å². The molecule has 3 N–H and O–H groups in total. The van der Waals surface area contributed by atoms with E-state index in [0.29, 0.717) is 17.3 Å². The number of aromatic nitrogens is 3. The lowest BCUT2D eigenvalue weighted by Gasteiger charge is -2.29. The fourth-order valence-electron chi connectivity index (χ4n) is 3.36. The fraction of sp³-hybridized carbons (Fsp3) is 0.286. The number of nitrogens with zero attached hydrogens (tertiary/aromatic N) is 3. The van der Waals surface area contributed by atoms with Gasteiger partial charge in [0.2, 0.25) is 5.91 Å². The number of benzene rings is 1. The molecule has 3 aromatic rings. The molecule has 1 aromatic carbocycles. The topological polar surface area (TPSA) is 83.9 Å². The number of carbonyl (C=O) groups is 1. The molecule has 0 aliphatic carbocycles. The Bertz CT molecular complexity index is 982. The van der Waals surface area contributed by atoms with Crippen LogP contribution >= 0.6 is 0 Å². The first-order chi connectivity index (χ1) is 13.5. The molecule has 0 saturated heterocycles. The highest BCUT2D eigenvalue weighted by atomic mass is 16.2. The molecule has 0 radical (unpaired) electrons. The number of amides is 1. The number of hydrogen-bond acceptors (Lipinski definition) is 5. The maximum atomic E-state index is 12.4. The molecule has 28 heavy (non-hydrogen) atoms. The van der Waals surface area contributed by atoms with E-state index in [4.69, 9.17) is 0 Å². The summed E-state index contributed by atoms with van der Waals surface area (Å²) in [6.45, 7) is 6.07. The summed E-state index contributed by atoms with van der Waals surface area (Å²) in [6, 6.07) is 12.0. The standard InChI is InChI=1S/C21H24N6O/c1-13(2)17-21(28)26-18-19(22-12-23-20(18)25-17)24-14(3)15-7-6-8-16(11-15)27-9-4-5-10-27/h4-14,17H,1-3H3,(H,26,28)(H2,22,23,24,25). The third-order valence-electron chi connectivity index (χ3n) is 4.96. The van der Waals surface area contributed by atoms with Crippen LogP contribution in [0.25, 0.3) is 5.69 Å². The predicted molar refractivity (Wildman–Crippen MR) is 111 cm³/mol.